The van der Waals surface area contributed by atoms with E-state index >= 15 is 0 Å². The van der Waals surface area contributed by atoms with Crippen LogP contribution in [0.3, 0.4) is 0 Å². The summed E-state index contributed by atoms with van der Waals surface area (Å²) >= 11 is 0. The number of anilines is 1. The van der Waals surface area contributed by atoms with Crippen molar-refractivity contribution in [2.75, 3.05) is 73.6 Å². The SMILES string of the molecule is COc1ccc(C2(CCN3CCC(Nc4nc5ccccc5n4CC=C(C)C)CC3)CCN(C(=O)c3cc(OC)c(OC)c(OC)c3)C2)cc1OC. The predicted octanol–water partition coefficient (Wildman–Crippen LogP) is 6.80. The third kappa shape index (κ3) is 7.65. The van der Waals surface area contributed by atoms with Crippen LogP contribution in [0.5, 0.6) is 28.7 Å². The van der Waals surface area contributed by atoms with Crippen LogP contribution in [-0.2, 0) is 12.0 Å². The molecule has 3 heterocycles. The van der Waals surface area contributed by atoms with Gasteiger partial charge in [-0.3, -0.25) is 4.79 Å². The second-order valence-electron chi connectivity index (χ2n) is 14.1. The molecular weight excluding hydrogens is 658 g/mol. The van der Waals surface area contributed by atoms with E-state index in [-0.39, 0.29) is 11.3 Å². The lowest BCUT2D eigenvalue weighted by atomic mass is 9.76. The molecule has 2 aliphatic rings. The second kappa shape index (κ2) is 16.2. The van der Waals surface area contributed by atoms with E-state index in [0.29, 0.717) is 53.4 Å². The number of hydrogen-bond donors (Lipinski definition) is 1. The maximum absolute atomic E-state index is 14.1. The number of aromatic nitrogens is 2. The smallest absolute Gasteiger partial charge is 0.254 e. The quantitative estimate of drug-likeness (QED) is 0.142. The fourth-order valence-corrected chi connectivity index (χ4v) is 7.68. The highest BCUT2D eigenvalue weighted by Gasteiger charge is 2.42. The number of likely N-dealkylation sites (tertiary alicyclic amines) is 2. The Morgan fingerprint density at radius 1 is 0.865 bits per heavy atom. The molecule has 4 aromatic rings. The molecule has 11 nitrogen and oxygen atoms in total. The molecule has 0 saturated carbocycles. The molecule has 3 aromatic carbocycles. The Balaban J connectivity index is 1.17. The summed E-state index contributed by atoms with van der Waals surface area (Å²) in [4.78, 5) is 23.6. The summed E-state index contributed by atoms with van der Waals surface area (Å²) in [5, 5.41) is 3.79. The van der Waals surface area contributed by atoms with Crippen LogP contribution in [0.2, 0.25) is 0 Å². The topological polar surface area (TPSA) is 99.6 Å². The monoisotopic (exact) mass is 711 g/mol. The predicted molar refractivity (Wildman–Crippen MR) is 205 cm³/mol. The van der Waals surface area contributed by atoms with Crippen LogP contribution in [0, 0.1) is 0 Å². The van der Waals surface area contributed by atoms with E-state index in [4.69, 9.17) is 28.7 Å². The first-order valence-electron chi connectivity index (χ1n) is 18.1. The van der Waals surface area contributed by atoms with Gasteiger partial charge in [0.15, 0.2) is 23.0 Å². The van der Waals surface area contributed by atoms with Crippen LogP contribution in [0.1, 0.15) is 55.5 Å². The van der Waals surface area contributed by atoms with Gasteiger partial charge in [-0.15, -0.1) is 0 Å². The first-order valence-corrected chi connectivity index (χ1v) is 18.1. The van der Waals surface area contributed by atoms with Gasteiger partial charge in [-0.05, 0) is 88.0 Å². The average Bonchev–Trinajstić information content (AvgIpc) is 3.77. The van der Waals surface area contributed by atoms with Gasteiger partial charge in [0.2, 0.25) is 11.7 Å². The van der Waals surface area contributed by atoms with E-state index in [2.05, 4.69) is 65.0 Å². The van der Waals surface area contributed by atoms with Gasteiger partial charge in [0.25, 0.3) is 5.91 Å². The van der Waals surface area contributed by atoms with Crippen LogP contribution in [0.15, 0.2) is 66.2 Å². The maximum Gasteiger partial charge on any atom is 0.254 e. The molecule has 2 aliphatic heterocycles. The molecule has 0 radical (unpaired) electrons. The lowest BCUT2D eigenvalue weighted by Gasteiger charge is -2.36. The van der Waals surface area contributed by atoms with E-state index in [1.165, 1.54) is 5.57 Å². The van der Waals surface area contributed by atoms with Crippen molar-refractivity contribution in [2.24, 2.45) is 0 Å². The number of carbonyl (C=O) groups is 1. The van der Waals surface area contributed by atoms with Gasteiger partial charge < -0.3 is 43.4 Å². The first kappa shape index (κ1) is 36.9. The Labute approximate surface area is 307 Å². The van der Waals surface area contributed by atoms with Gasteiger partial charge in [-0.1, -0.05) is 29.8 Å². The van der Waals surface area contributed by atoms with Crippen molar-refractivity contribution in [1.29, 1.82) is 0 Å². The Kier molecular flexibility index (Phi) is 11.5. The van der Waals surface area contributed by atoms with Gasteiger partial charge in [-0.25, -0.2) is 4.98 Å². The van der Waals surface area contributed by atoms with Gasteiger partial charge in [0.1, 0.15) is 0 Å². The van der Waals surface area contributed by atoms with E-state index in [1.54, 1.807) is 47.7 Å². The number of rotatable bonds is 14. The number of allylic oxidation sites excluding steroid dienone is 2. The molecule has 52 heavy (non-hydrogen) atoms. The van der Waals surface area contributed by atoms with Crippen LogP contribution >= 0.6 is 0 Å². The van der Waals surface area contributed by atoms with Gasteiger partial charge >= 0.3 is 0 Å². The number of amides is 1. The Hall–Kier alpha value is -4.90. The van der Waals surface area contributed by atoms with Crippen molar-refractivity contribution in [3.8, 4) is 28.7 Å². The van der Waals surface area contributed by atoms with Crippen molar-refractivity contribution < 1.29 is 28.5 Å². The first-order chi connectivity index (χ1) is 25.2. The Morgan fingerprint density at radius 3 is 2.21 bits per heavy atom. The van der Waals surface area contributed by atoms with Crippen molar-refractivity contribution in [3.63, 3.8) is 0 Å². The van der Waals surface area contributed by atoms with Crippen LogP contribution in [-0.4, -0.2) is 99.6 Å². The Bertz CT molecular complexity index is 1870. The molecule has 2 saturated heterocycles. The van der Waals surface area contributed by atoms with E-state index in [9.17, 15) is 4.79 Å². The van der Waals surface area contributed by atoms with Crippen molar-refractivity contribution in [2.45, 2.75) is 57.5 Å². The number of nitrogens with one attached hydrogen (secondary N) is 1. The summed E-state index contributed by atoms with van der Waals surface area (Å²) in [5.41, 5.74) is 4.84. The van der Waals surface area contributed by atoms with E-state index < -0.39 is 0 Å². The minimum Gasteiger partial charge on any atom is -0.493 e. The number of benzene rings is 3. The van der Waals surface area contributed by atoms with E-state index in [1.807, 2.05) is 17.0 Å². The summed E-state index contributed by atoms with van der Waals surface area (Å²) in [6.07, 6.45) is 6.04. The molecule has 1 unspecified atom stereocenters. The number of hydrogen-bond acceptors (Lipinski definition) is 9. The summed E-state index contributed by atoms with van der Waals surface area (Å²) in [6.45, 7) is 9.17. The number of para-hydroxylation sites is 2. The number of ether oxygens (including phenoxy) is 5. The molecule has 1 amide bonds. The van der Waals surface area contributed by atoms with Gasteiger partial charge in [0, 0.05) is 49.7 Å². The van der Waals surface area contributed by atoms with Gasteiger partial charge in [0.05, 0.1) is 46.6 Å². The number of methoxy groups -OCH3 is 5. The average molecular weight is 712 g/mol. The lowest BCUT2D eigenvalue weighted by Crippen LogP contribution is -2.42. The zero-order chi connectivity index (χ0) is 36.8. The molecule has 1 aromatic heterocycles. The minimum absolute atomic E-state index is 0.0656. The fraction of sp³-hybridized carbons (Fsp3) is 0.463. The van der Waals surface area contributed by atoms with Crippen LogP contribution < -0.4 is 29.0 Å². The fourth-order valence-electron chi connectivity index (χ4n) is 7.68. The minimum atomic E-state index is -0.263. The number of nitrogens with zero attached hydrogens (tertiary/aromatic N) is 4. The van der Waals surface area contributed by atoms with E-state index in [0.717, 1.165) is 74.4 Å². The number of fused-ring (bicyclic) bond motifs is 1. The maximum atomic E-state index is 14.1. The van der Waals surface area contributed by atoms with Crippen LogP contribution in [0.4, 0.5) is 5.95 Å². The number of imidazole rings is 1. The molecule has 2 fully saturated rings. The number of piperidine rings is 1. The highest BCUT2D eigenvalue weighted by Crippen LogP contribution is 2.43. The molecule has 278 valence electrons. The molecular formula is C41H53N5O6. The normalized spacial score (nSPS) is 17.9. The lowest BCUT2D eigenvalue weighted by molar-refractivity contribution is 0.0779. The molecule has 6 rings (SSSR count). The van der Waals surface area contributed by atoms with Crippen molar-refractivity contribution in [1.82, 2.24) is 19.4 Å². The Morgan fingerprint density at radius 2 is 1.56 bits per heavy atom. The summed E-state index contributed by atoms with van der Waals surface area (Å²) in [7, 11) is 7.99. The highest BCUT2D eigenvalue weighted by molar-refractivity contribution is 5.96. The molecule has 0 aliphatic carbocycles. The molecule has 0 bridgehead atoms. The van der Waals surface area contributed by atoms with Crippen molar-refractivity contribution >= 4 is 22.9 Å². The zero-order valence-electron chi connectivity index (χ0n) is 31.7. The standard InChI is InChI=1S/C41H53N5O6/c1-28(2)14-21-46-33-11-9-8-10-32(33)43-40(46)42-31-15-19-44(20-16-31)22-17-41(30-12-13-34(48-3)35(26-30)49-4)18-23-45(27-41)39(47)29-24-36(50-5)38(52-7)37(25-29)51-6/h8-14,24-26,31H,15-23,27H2,1-7H3,(H,42,43). The van der Waals surface area contributed by atoms with Crippen LogP contribution in [0.25, 0.3) is 11.0 Å². The summed E-state index contributed by atoms with van der Waals surface area (Å²) < 4.78 is 30.2. The third-order valence-corrected chi connectivity index (χ3v) is 10.7. The molecule has 1 N–H and O–H groups in total. The largest absolute Gasteiger partial charge is 0.493 e. The molecule has 0 spiro atoms. The van der Waals surface area contributed by atoms with Crippen molar-refractivity contribution in [3.05, 3.63) is 77.4 Å². The number of carbonyl (C=O) groups excluding carboxylic acids is 1. The molecule has 1 atom stereocenters. The highest BCUT2D eigenvalue weighted by atomic mass is 16.5. The summed E-state index contributed by atoms with van der Waals surface area (Å²) in [5.74, 6) is 3.63. The molecule has 11 heteroatoms. The summed E-state index contributed by atoms with van der Waals surface area (Å²) in [6, 6.07) is 18.3. The van der Waals surface area contributed by atoms with Gasteiger partial charge in [-0.2, -0.15) is 0 Å². The second-order valence-corrected chi connectivity index (χ2v) is 14.1. The zero-order valence-corrected chi connectivity index (χ0v) is 31.7. The third-order valence-electron chi connectivity index (χ3n) is 10.7.